The van der Waals surface area contributed by atoms with Crippen LogP contribution in [0.15, 0.2) is 23.3 Å². The molecule has 1 atom stereocenters. The SMILES string of the molecule is [N-]=[N+]=NCCCNC(C(=O)O)c1ccc(O)c(Cl)c1. The molecule has 1 unspecified atom stereocenters. The first-order chi connectivity index (χ1) is 9.06. The van der Waals surface area contributed by atoms with Gasteiger partial charge in [0.1, 0.15) is 11.8 Å². The van der Waals surface area contributed by atoms with Gasteiger partial charge in [0.25, 0.3) is 0 Å². The molecule has 1 aromatic carbocycles. The Morgan fingerprint density at radius 2 is 2.32 bits per heavy atom. The van der Waals surface area contributed by atoms with Crippen molar-refractivity contribution in [3.05, 3.63) is 39.2 Å². The van der Waals surface area contributed by atoms with Crippen molar-refractivity contribution in [3.8, 4) is 5.75 Å². The predicted molar refractivity (Wildman–Crippen MR) is 70.1 cm³/mol. The van der Waals surface area contributed by atoms with Crippen LogP contribution < -0.4 is 5.32 Å². The molecule has 102 valence electrons. The van der Waals surface area contributed by atoms with Crippen LogP contribution in [0.2, 0.25) is 5.02 Å². The summed E-state index contributed by atoms with van der Waals surface area (Å²) in [4.78, 5) is 13.8. The van der Waals surface area contributed by atoms with Crippen molar-refractivity contribution in [1.82, 2.24) is 5.32 Å². The number of carboxylic acid groups (broad SMARTS) is 1. The number of aliphatic carboxylic acids is 1. The summed E-state index contributed by atoms with van der Waals surface area (Å²) in [6.45, 7) is 0.681. The smallest absolute Gasteiger partial charge is 0.325 e. The topological polar surface area (TPSA) is 118 Å². The van der Waals surface area contributed by atoms with E-state index in [9.17, 15) is 9.90 Å². The Hall–Kier alpha value is -1.95. The Morgan fingerprint density at radius 1 is 1.58 bits per heavy atom. The maximum absolute atomic E-state index is 11.2. The molecule has 0 fully saturated rings. The van der Waals surface area contributed by atoms with Gasteiger partial charge in [0, 0.05) is 11.5 Å². The zero-order valence-electron chi connectivity index (χ0n) is 9.95. The molecule has 0 radical (unpaired) electrons. The zero-order valence-corrected chi connectivity index (χ0v) is 10.7. The maximum Gasteiger partial charge on any atom is 0.325 e. The third kappa shape index (κ3) is 4.67. The van der Waals surface area contributed by atoms with E-state index in [4.69, 9.17) is 22.2 Å². The lowest BCUT2D eigenvalue weighted by Gasteiger charge is -2.15. The number of phenols is 1. The van der Waals surface area contributed by atoms with E-state index in [0.717, 1.165) is 0 Å². The van der Waals surface area contributed by atoms with E-state index in [1.807, 2.05) is 0 Å². The Morgan fingerprint density at radius 3 is 2.89 bits per heavy atom. The molecule has 0 amide bonds. The fourth-order valence-electron chi connectivity index (χ4n) is 1.49. The van der Waals surface area contributed by atoms with E-state index in [1.54, 1.807) is 0 Å². The van der Waals surface area contributed by atoms with Crippen LogP contribution in [0.4, 0.5) is 0 Å². The van der Waals surface area contributed by atoms with E-state index in [2.05, 4.69) is 15.3 Å². The highest BCUT2D eigenvalue weighted by Crippen LogP contribution is 2.26. The van der Waals surface area contributed by atoms with Crippen LogP contribution >= 0.6 is 11.6 Å². The summed E-state index contributed by atoms with van der Waals surface area (Å²) < 4.78 is 0. The van der Waals surface area contributed by atoms with Gasteiger partial charge >= 0.3 is 5.97 Å². The van der Waals surface area contributed by atoms with Crippen LogP contribution in [0.1, 0.15) is 18.0 Å². The number of carboxylic acids is 1. The third-order valence-electron chi connectivity index (χ3n) is 2.40. The number of aromatic hydroxyl groups is 1. The van der Waals surface area contributed by atoms with Gasteiger partial charge in [-0.1, -0.05) is 22.8 Å². The van der Waals surface area contributed by atoms with Gasteiger partial charge in [0.15, 0.2) is 0 Å². The van der Waals surface area contributed by atoms with Gasteiger partial charge in [0.2, 0.25) is 0 Å². The second kappa shape index (κ2) is 7.48. The van der Waals surface area contributed by atoms with Crippen molar-refractivity contribution < 1.29 is 15.0 Å². The zero-order chi connectivity index (χ0) is 14.3. The van der Waals surface area contributed by atoms with Gasteiger partial charge in [-0.3, -0.25) is 4.79 Å². The largest absolute Gasteiger partial charge is 0.506 e. The van der Waals surface area contributed by atoms with Gasteiger partial charge in [-0.05, 0) is 36.2 Å². The van der Waals surface area contributed by atoms with E-state index >= 15 is 0 Å². The van der Waals surface area contributed by atoms with Crippen LogP contribution in [-0.4, -0.2) is 29.3 Å². The summed E-state index contributed by atoms with van der Waals surface area (Å²) in [6.07, 6.45) is 0.527. The summed E-state index contributed by atoms with van der Waals surface area (Å²) in [5.74, 6) is -1.15. The molecule has 1 aromatic rings. The maximum atomic E-state index is 11.2. The summed E-state index contributed by atoms with van der Waals surface area (Å²) in [6, 6.07) is 3.30. The molecule has 0 aliphatic rings. The van der Waals surface area contributed by atoms with E-state index in [1.165, 1.54) is 18.2 Å². The molecule has 19 heavy (non-hydrogen) atoms. The molecule has 7 nitrogen and oxygen atoms in total. The summed E-state index contributed by atoms with van der Waals surface area (Å²) in [5, 5.41) is 24.7. The molecule has 0 saturated carbocycles. The van der Waals surface area contributed by atoms with E-state index in [0.29, 0.717) is 25.1 Å². The highest BCUT2D eigenvalue weighted by atomic mass is 35.5. The molecule has 0 aromatic heterocycles. The average Bonchev–Trinajstić information content (AvgIpc) is 2.37. The summed E-state index contributed by atoms with van der Waals surface area (Å²) >= 11 is 5.74. The first-order valence-corrected chi connectivity index (χ1v) is 5.89. The minimum Gasteiger partial charge on any atom is -0.506 e. The number of nitrogens with zero attached hydrogens (tertiary/aromatic N) is 3. The number of nitrogens with one attached hydrogen (secondary N) is 1. The van der Waals surface area contributed by atoms with Gasteiger partial charge in [0.05, 0.1) is 5.02 Å². The Balaban J connectivity index is 2.69. The minimum absolute atomic E-state index is 0.0969. The van der Waals surface area contributed by atoms with Crippen molar-refractivity contribution in [2.75, 3.05) is 13.1 Å². The van der Waals surface area contributed by atoms with Crippen LogP contribution in [-0.2, 0) is 4.79 Å². The molecular weight excluding hydrogens is 272 g/mol. The number of carbonyl (C=O) groups is 1. The number of rotatable bonds is 7. The van der Waals surface area contributed by atoms with Crippen molar-refractivity contribution in [1.29, 1.82) is 0 Å². The first kappa shape index (κ1) is 15.1. The summed E-state index contributed by atoms with van der Waals surface area (Å²) in [7, 11) is 0. The highest BCUT2D eigenvalue weighted by Gasteiger charge is 2.19. The fraction of sp³-hybridized carbons (Fsp3) is 0.364. The van der Waals surface area contributed by atoms with Crippen molar-refractivity contribution >= 4 is 17.6 Å². The lowest BCUT2D eigenvalue weighted by atomic mass is 10.1. The van der Waals surface area contributed by atoms with Crippen LogP contribution in [0.5, 0.6) is 5.75 Å². The van der Waals surface area contributed by atoms with Crippen LogP contribution in [0, 0.1) is 0 Å². The van der Waals surface area contributed by atoms with Crippen molar-refractivity contribution in [3.63, 3.8) is 0 Å². The number of azide groups is 1. The van der Waals surface area contributed by atoms with Crippen LogP contribution in [0.3, 0.4) is 0 Å². The second-order valence-electron chi connectivity index (χ2n) is 3.74. The van der Waals surface area contributed by atoms with Crippen LogP contribution in [0.25, 0.3) is 10.4 Å². The summed E-state index contributed by atoms with van der Waals surface area (Å²) in [5.41, 5.74) is 8.55. The van der Waals surface area contributed by atoms with E-state index in [-0.39, 0.29) is 10.8 Å². The Bertz CT molecular complexity index is 503. The molecule has 0 heterocycles. The number of hydrogen-bond donors (Lipinski definition) is 3. The van der Waals surface area contributed by atoms with Gasteiger partial charge < -0.3 is 15.5 Å². The fourth-order valence-corrected chi connectivity index (χ4v) is 1.68. The normalized spacial score (nSPS) is 11.6. The Labute approximate surface area is 114 Å². The molecule has 0 spiro atoms. The van der Waals surface area contributed by atoms with Gasteiger partial charge in [-0.15, -0.1) is 0 Å². The Kier molecular flexibility index (Phi) is 5.95. The van der Waals surface area contributed by atoms with E-state index < -0.39 is 12.0 Å². The first-order valence-electron chi connectivity index (χ1n) is 5.51. The number of benzene rings is 1. The van der Waals surface area contributed by atoms with Crippen molar-refractivity contribution in [2.24, 2.45) is 5.11 Å². The monoisotopic (exact) mass is 284 g/mol. The molecule has 0 aliphatic carbocycles. The van der Waals surface area contributed by atoms with Gasteiger partial charge in [-0.2, -0.15) is 0 Å². The number of phenolic OH excluding ortho intramolecular Hbond substituents is 1. The minimum atomic E-state index is -1.05. The molecule has 8 heteroatoms. The standard InChI is InChI=1S/C11H13ClN4O3/c12-8-6-7(2-3-9(8)17)10(11(18)19)14-4-1-5-15-16-13/h2-3,6,10,14,17H,1,4-5H2,(H,18,19). The molecule has 1 rings (SSSR count). The molecule has 0 saturated heterocycles. The lowest BCUT2D eigenvalue weighted by molar-refractivity contribution is -0.139. The predicted octanol–water partition coefficient (Wildman–Crippen LogP) is 2.46. The lowest BCUT2D eigenvalue weighted by Crippen LogP contribution is -2.29. The quantitative estimate of drug-likeness (QED) is 0.308. The highest BCUT2D eigenvalue weighted by molar-refractivity contribution is 6.32. The number of halogens is 1. The molecule has 0 aliphatic heterocycles. The molecule has 3 N–H and O–H groups in total. The van der Waals surface area contributed by atoms with Gasteiger partial charge in [-0.25, -0.2) is 0 Å². The third-order valence-corrected chi connectivity index (χ3v) is 2.70. The average molecular weight is 285 g/mol. The molecule has 0 bridgehead atoms. The van der Waals surface area contributed by atoms with Crippen molar-refractivity contribution in [2.45, 2.75) is 12.5 Å². The number of hydrogen-bond acceptors (Lipinski definition) is 4. The molecular formula is C11H13ClN4O3. The second-order valence-corrected chi connectivity index (χ2v) is 4.15.